The first-order valence-corrected chi connectivity index (χ1v) is 7.92. The number of sulfonamides is 1. The van der Waals surface area contributed by atoms with E-state index < -0.39 is 20.6 Å². The number of nitrogens with one attached hydrogen (secondary N) is 1. The second-order valence-electron chi connectivity index (χ2n) is 4.97. The Morgan fingerprint density at radius 1 is 1.40 bits per heavy atom. The smallest absolute Gasteiger partial charge is 0.289 e. The molecular weight excluding hydrogens is 282 g/mol. The first-order chi connectivity index (χ1) is 9.40. The van der Waals surface area contributed by atoms with E-state index >= 15 is 0 Å². The van der Waals surface area contributed by atoms with E-state index in [4.69, 9.17) is 5.73 Å². The van der Waals surface area contributed by atoms with E-state index in [0.29, 0.717) is 0 Å². The molecule has 0 amide bonds. The van der Waals surface area contributed by atoms with Gasteiger partial charge in [0.25, 0.3) is 5.69 Å². The third-order valence-electron chi connectivity index (χ3n) is 3.25. The summed E-state index contributed by atoms with van der Waals surface area (Å²) in [6.07, 6.45) is 4.16. The van der Waals surface area contributed by atoms with Crippen molar-refractivity contribution in [3.05, 3.63) is 28.3 Å². The van der Waals surface area contributed by atoms with Crippen molar-refractivity contribution in [3.63, 3.8) is 0 Å². The van der Waals surface area contributed by atoms with Crippen LogP contribution in [-0.2, 0) is 10.0 Å². The van der Waals surface area contributed by atoms with Crippen LogP contribution in [0.5, 0.6) is 0 Å². The average Bonchev–Trinajstić information content (AvgIpc) is 3.18. The highest BCUT2D eigenvalue weighted by molar-refractivity contribution is 7.89. The molecular formula is C12H17N3O4S. The summed E-state index contributed by atoms with van der Waals surface area (Å²) >= 11 is 0. The lowest BCUT2D eigenvalue weighted by molar-refractivity contribution is -0.387. The van der Waals surface area contributed by atoms with Crippen LogP contribution in [0.2, 0.25) is 0 Å². The summed E-state index contributed by atoms with van der Waals surface area (Å²) in [6, 6.07) is 3.53. The summed E-state index contributed by atoms with van der Waals surface area (Å²) in [4.78, 5) is 9.78. The molecule has 2 rings (SSSR count). The minimum absolute atomic E-state index is 0.175. The van der Waals surface area contributed by atoms with Crippen LogP contribution in [0.3, 0.4) is 0 Å². The Labute approximate surface area is 117 Å². The lowest BCUT2D eigenvalue weighted by Gasteiger charge is -2.07. The quantitative estimate of drug-likeness (QED) is 0.344. The van der Waals surface area contributed by atoms with Gasteiger partial charge in [0.1, 0.15) is 0 Å². The standard InChI is InChI=1S/C12H17N3O4S/c13-10-5-6-11(15(16)17)12(8-10)20(18,19)14-7-1-2-9-3-4-9/h5-6,8-9,14H,1-4,7,13H2. The molecule has 0 spiro atoms. The molecule has 1 saturated carbocycles. The van der Waals surface area contributed by atoms with Crippen LogP contribution in [-0.4, -0.2) is 19.9 Å². The van der Waals surface area contributed by atoms with E-state index in [9.17, 15) is 18.5 Å². The lowest BCUT2D eigenvalue weighted by Crippen LogP contribution is -2.25. The van der Waals surface area contributed by atoms with Crippen molar-refractivity contribution in [2.75, 3.05) is 12.3 Å². The van der Waals surface area contributed by atoms with Gasteiger partial charge in [0.2, 0.25) is 10.0 Å². The zero-order valence-electron chi connectivity index (χ0n) is 10.9. The number of nitrogen functional groups attached to an aromatic ring is 1. The topological polar surface area (TPSA) is 115 Å². The third-order valence-corrected chi connectivity index (χ3v) is 4.74. The van der Waals surface area contributed by atoms with Gasteiger partial charge in [-0.05, 0) is 30.9 Å². The van der Waals surface area contributed by atoms with Crippen molar-refractivity contribution in [2.24, 2.45) is 5.92 Å². The molecule has 0 atom stereocenters. The Hall–Kier alpha value is -1.67. The fourth-order valence-corrected chi connectivity index (χ4v) is 3.26. The fourth-order valence-electron chi connectivity index (χ4n) is 1.98. The molecule has 0 aliphatic heterocycles. The molecule has 0 saturated heterocycles. The van der Waals surface area contributed by atoms with Gasteiger partial charge in [0.15, 0.2) is 4.90 Å². The van der Waals surface area contributed by atoms with Crippen molar-refractivity contribution in [1.29, 1.82) is 0 Å². The molecule has 8 heteroatoms. The third kappa shape index (κ3) is 3.67. The molecule has 20 heavy (non-hydrogen) atoms. The summed E-state index contributed by atoms with van der Waals surface area (Å²) in [6.45, 7) is 0.283. The van der Waals surface area contributed by atoms with Crippen molar-refractivity contribution in [3.8, 4) is 0 Å². The van der Waals surface area contributed by atoms with Crippen molar-refractivity contribution < 1.29 is 13.3 Å². The second kappa shape index (κ2) is 5.76. The van der Waals surface area contributed by atoms with Crippen molar-refractivity contribution in [2.45, 2.75) is 30.6 Å². The zero-order valence-corrected chi connectivity index (χ0v) is 11.7. The second-order valence-corrected chi connectivity index (χ2v) is 6.70. The molecule has 7 nitrogen and oxygen atoms in total. The van der Waals surface area contributed by atoms with Gasteiger partial charge in [-0.1, -0.05) is 12.8 Å². The fraction of sp³-hybridized carbons (Fsp3) is 0.500. The Morgan fingerprint density at radius 2 is 2.10 bits per heavy atom. The van der Waals surface area contributed by atoms with Crippen LogP contribution in [0.1, 0.15) is 25.7 Å². The molecule has 0 radical (unpaired) electrons. The number of nitrogens with two attached hydrogens (primary N) is 1. The van der Waals surface area contributed by atoms with E-state index in [-0.39, 0.29) is 17.1 Å². The molecule has 0 heterocycles. The van der Waals surface area contributed by atoms with Crippen LogP contribution in [0.25, 0.3) is 0 Å². The van der Waals surface area contributed by atoms with E-state index in [1.54, 1.807) is 0 Å². The summed E-state index contributed by atoms with van der Waals surface area (Å²) in [5, 5.41) is 10.9. The van der Waals surface area contributed by atoms with E-state index in [1.807, 2.05) is 0 Å². The predicted molar refractivity (Wildman–Crippen MR) is 74.7 cm³/mol. The summed E-state index contributed by atoms with van der Waals surface area (Å²) in [5.41, 5.74) is 5.22. The number of nitrogens with zero attached hydrogens (tertiary/aromatic N) is 1. The van der Waals surface area contributed by atoms with Crippen molar-refractivity contribution >= 4 is 21.4 Å². The van der Waals surface area contributed by atoms with E-state index in [1.165, 1.54) is 18.9 Å². The van der Waals surface area contributed by atoms with Gasteiger partial charge in [-0.2, -0.15) is 0 Å². The molecule has 0 aromatic heterocycles. The number of nitro benzene ring substituents is 1. The van der Waals surface area contributed by atoms with Gasteiger partial charge in [-0.3, -0.25) is 10.1 Å². The normalized spacial score (nSPS) is 15.2. The van der Waals surface area contributed by atoms with E-state index in [0.717, 1.165) is 30.9 Å². The lowest BCUT2D eigenvalue weighted by atomic mass is 10.2. The van der Waals surface area contributed by atoms with Gasteiger partial charge in [0, 0.05) is 18.3 Å². The molecule has 1 aliphatic carbocycles. The van der Waals surface area contributed by atoms with Gasteiger partial charge in [0.05, 0.1) is 4.92 Å². The molecule has 1 fully saturated rings. The monoisotopic (exact) mass is 299 g/mol. The maximum atomic E-state index is 12.1. The number of benzene rings is 1. The Kier molecular flexibility index (Phi) is 4.24. The summed E-state index contributed by atoms with van der Waals surface area (Å²) in [5.74, 6) is 0.723. The summed E-state index contributed by atoms with van der Waals surface area (Å²) in [7, 11) is -3.91. The molecule has 1 aromatic rings. The van der Waals surface area contributed by atoms with Crippen LogP contribution in [0.4, 0.5) is 11.4 Å². The molecule has 0 unspecified atom stereocenters. The zero-order chi connectivity index (χ0) is 14.8. The van der Waals surface area contributed by atoms with Gasteiger partial charge < -0.3 is 5.73 Å². The van der Waals surface area contributed by atoms with Crippen LogP contribution >= 0.6 is 0 Å². The van der Waals surface area contributed by atoms with Crippen molar-refractivity contribution in [1.82, 2.24) is 4.72 Å². The van der Waals surface area contributed by atoms with E-state index in [2.05, 4.69) is 4.72 Å². The van der Waals surface area contributed by atoms with Crippen LogP contribution < -0.4 is 10.5 Å². The first kappa shape index (κ1) is 14.7. The highest BCUT2D eigenvalue weighted by Gasteiger charge is 2.26. The molecule has 110 valence electrons. The number of rotatable bonds is 7. The maximum Gasteiger partial charge on any atom is 0.289 e. The molecule has 1 aromatic carbocycles. The maximum absolute atomic E-state index is 12.1. The highest BCUT2D eigenvalue weighted by Crippen LogP contribution is 2.33. The number of hydrogen-bond acceptors (Lipinski definition) is 5. The Morgan fingerprint density at radius 3 is 2.70 bits per heavy atom. The first-order valence-electron chi connectivity index (χ1n) is 6.44. The minimum Gasteiger partial charge on any atom is -0.399 e. The molecule has 1 aliphatic rings. The summed E-state index contributed by atoms with van der Waals surface area (Å²) < 4.78 is 26.6. The Balaban J connectivity index is 2.10. The largest absolute Gasteiger partial charge is 0.399 e. The number of hydrogen-bond donors (Lipinski definition) is 2. The SMILES string of the molecule is Nc1ccc([N+](=O)[O-])c(S(=O)(=O)NCCCC2CC2)c1. The minimum atomic E-state index is -3.91. The van der Waals surface area contributed by atoms with Gasteiger partial charge in [-0.25, -0.2) is 13.1 Å². The van der Waals surface area contributed by atoms with Crippen LogP contribution in [0.15, 0.2) is 23.1 Å². The molecule has 0 bridgehead atoms. The average molecular weight is 299 g/mol. The Bertz CT molecular complexity index is 611. The number of anilines is 1. The predicted octanol–water partition coefficient (Wildman–Crippen LogP) is 1.65. The number of nitro groups is 1. The highest BCUT2D eigenvalue weighted by atomic mass is 32.2. The van der Waals surface area contributed by atoms with Gasteiger partial charge in [-0.15, -0.1) is 0 Å². The van der Waals surface area contributed by atoms with Crippen LogP contribution in [0, 0.1) is 16.0 Å². The molecule has 3 N–H and O–H groups in total. The van der Waals surface area contributed by atoms with Gasteiger partial charge >= 0.3 is 0 Å².